The predicted octanol–water partition coefficient (Wildman–Crippen LogP) is 4.74. The number of anilines is 1. The van der Waals surface area contributed by atoms with Gasteiger partial charge in [-0.05, 0) is 48.2 Å². The van der Waals surface area contributed by atoms with E-state index in [1.54, 1.807) is 17.9 Å². The molecule has 0 amide bonds. The number of allylic oxidation sites excluding steroid dienone is 2. The molecule has 158 valence electrons. The van der Waals surface area contributed by atoms with Crippen molar-refractivity contribution in [3.63, 3.8) is 0 Å². The highest BCUT2D eigenvalue weighted by atomic mass is 32.2. The second-order valence-electron chi connectivity index (χ2n) is 7.55. The van der Waals surface area contributed by atoms with Crippen LogP contribution in [0.25, 0.3) is 0 Å². The van der Waals surface area contributed by atoms with Gasteiger partial charge in [-0.3, -0.25) is 4.79 Å². The number of aromatic nitrogens is 3. The van der Waals surface area contributed by atoms with Gasteiger partial charge < -0.3 is 10.1 Å². The number of benzene rings is 2. The summed E-state index contributed by atoms with van der Waals surface area (Å²) in [4.78, 5) is 17.5. The van der Waals surface area contributed by atoms with Crippen molar-refractivity contribution in [1.29, 1.82) is 0 Å². The van der Waals surface area contributed by atoms with Crippen molar-refractivity contribution < 1.29 is 13.9 Å². The van der Waals surface area contributed by atoms with Gasteiger partial charge in [0.2, 0.25) is 11.1 Å². The SMILES string of the molecule is COc1ccc([C@H]2C3=C(CCCC3=O)Nc3nc(SCc4cccc(F)c4)nn32)cc1. The lowest BCUT2D eigenvalue weighted by atomic mass is 9.85. The van der Waals surface area contributed by atoms with Gasteiger partial charge in [0.25, 0.3) is 0 Å². The van der Waals surface area contributed by atoms with E-state index in [2.05, 4.69) is 10.3 Å². The van der Waals surface area contributed by atoms with E-state index >= 15 is 0 Å². The van der Waals surface area contributed by atoms with Crippen LogP contribution in [-0.4, -0.2) is 27.7 Å². The second kappa shape index (κ2) is 8.19. The first kappa shape index (κ1) is 19.8. The Balaban J connectivity index is 1.50. The zero-order valence-electron chi connectivity index (χ0n) is 17.0. The van der Waals surface area contributed by atoms with Crippen molar-refractivity contribution in [2.24, 2.45) is 0 Å². The molecule has 1 aliphatic carbocycles. The van der Waals surface area contributed by atoms with E-state index in [1.165, 1.54) is 23.9 Å². The molecule has 3 aromatic rings. The van der Waals surface area contributed by atoms with E-state index < -0.39 is 0 Å². The number of carbonyl (C=O) groups is 1. The van der Waals surface area contributed by atoms with Crippen LogP contribution >= 0.6 is 11.8 Å². The summed E-state index contributed by atoms with van der Waals surface area (Å²) >= 11 is 1.44. The van der Waals surface area contributed by atoms with Crippen LogP contribution in [0.3, 0.4) is 0 Å². The molecule has 0 unspecified atom stereocenters. The number of Topliss-reactive ketones (excluding diaryl/α,β-unsaturated/α-hetero) is 1. The number of rotatable bonds is 5. The molecule has 5 rings (SSSR count). The minimum Gasteiger partial charge on any atom is -0.497 e. The first-order valence-corrected chi connectivity index (χ1v) is 11.1. The quantitative estimate of drug-likeness (QED) is 0.583. The fourth-order valence-corrected chi connectivity index (χ4v) is 4.84. The van der Waals surface area contributed by atoms with Crippen LogP contribution in [0.2, 0.25) is 0 Å². The Bertz CT molecular complexity index is 1170. The predicted molar refractivity (Wildman–Crippen MR) is 117 cm³/mol. The number of nitrogens with zero attached hydrogens (tertiary/aromatic N) is 3. The van der Waals surface area contributed by atoms with Gasteiger partial charge in [0.15, 0.2) is 5.78 Å². The Morgan fingerprint density at radius 2 is 2.06 bits per heavy atom. The number of halogens is 1. The molecule has 2 aliphatic rings. The highest BCUT2D eigenvalue weighted by molar-refractivity contribution is 7.98. The highest BCUT2D eigenvalue weighted by Crippen LogP contribution is 2.41. The fraction of sp³-hybridized carbons (Fsp3) is 0.261. The molecule has 6 nitrogen and oxygen atoms in total. The number of ketones is 1. The summed E-state index contributed by atoms with van der Waals surface area (Å²) in [7, 11) is 1.63. The number of hydrogen-bond donors (Lipinski definition) is 1. The molecule has 2 heterocycles. The molecular formula is C23H21FN4O2S. The first-order chi connectivity index (χ1) is 15.1. The van der Waals surface area contributed by atoms with E-state index in [0.29, 0.717) is 23.3 Å². The van der Waals surface area contributed by atoms with Gasteiger partial charge in [-0.1, -0.05) is 36.0 Å². The van der Waals surface area contributed by atoms with Crippen molar-refractivity contribution in [2.75, 3.05) is 12.4 Å². The molecule has 8 heteroatoms. The molecule has 1 aromatic heterocycles. The molecule has 1 aliphatic heterocycles. The maximum Gasteiger partial charge on any atom is 0.227 e. The van der Waals surface area contributed by atoms with Gasteiger partial charge in [0.1, 0.15) is 17.6 Å². The standard InChI is InChI=1S/C23H21FN4O2S/c1-30-17-10-8-15(9-11-17)21-20-18(6-3-7-19(20)29)25-22-26-23(27-28(21)22)31-13-14-4-2-5-16(24)12-14/h2,4-5,8-12,21H,3,6-7,13H2,1H3,(H,25,26,27)/t21-/m0/s1. The van der Waals surface area contributed by atoms with Crippen LogP contribution in [0, 0.1) is 5.82 Å². The Labute approximate surface area is 183 Å². The minimum absolute atomic E-state index is 0.143. The topological polar surface area (TPSA) is 69.0 Å². The van der Waals surface area contributed by atoms with Crippen molar-refractivity contribution in [1.82, 2.24) is 14.8 Å². The highest BCUT2D eigenvalue weighted by Gasteiger charge is 2.36. The Kier molecular flexibility index (Phi) is 5.23. The van der Waals surface area contributed by atoms with E-state index in [1.807, 2.05) is 30.3 Å². The number of thioether (sulfide) groups is 1. The largest absolute Gasteiger partial charge is 0.497 e. The lowest BCUT2D eigenvalue weighted by Gasteiger charge is -2.32. The molecule has 0 radical (unpaired) electrons. The van der Waals surface area contributed by atoms with Crippen LogP contribution in [0.5, 0.6) is 5.75 Å². The number of ether oxygens (including phenoxy) is 1. The van der Waals surface area contributed by atoms with E-state index in [9.17, 15) is 9.18 Å². The Morgan fingerprint density at radius 3 is 2.84 bits per heavy atom. The second-order valence-corrected chi connectivity index (χ2v) is 8.49. The monoisotopic (exact) mass is 436 g/mol. The number of methoxy groups -OCH3 is 1. The lowest BCUT2D eigenvalue weighted by Crippen LogP contribution is -2.31. The lowest BCUT2D eigenvalue weighted by molar-refractivity contribution is -0.116. The number of hydrogen-bond acceptors (Lipinski definition) is 6. The van der Waals surface area contributed by atoms with Crippen LogP contribution < -0.4 is 10.1 Å². The molecule has 1 atom stereocenters. The van der Waals surface area contributed by atoms with Crippen molar-refractivity contribution in [2.45, 2.75) is 36.2 Å². The molecule has 2 aromatic carbocycles. The van der Waals surface area contributed by atoms with Gasteiger partial charge in [0.05, 0.1) is 7.11 Å². The smallest absolute Gasteiger partial charge is 0.227 e. The third-order valence-corrected chi connectivity index (χ3v) is 6.45. The minimum atomic E-state index is -0.332. The summed E-state index contributed by atoms with van der Waals surface area (Å²) in [6, 6.07) is 13.9. The van der Waals surface area contributed by atoms with Gasteiger partial charge in [-0.25, -0.2) is 9.07 Å². The first-order valence-electron chi connectivity index (χ1n) is 10.1. The maximum atomic E-state index is 13.5. The molecule has 0 fully saturated rings. The van der Waals surface area contributed by atoms with Crippen molar-refractivity contribution in [3.05, 3.63) is 76.7 Å². The molecule has 1 N–H and O–H groups in total. The molecule has 0 bridgehead atoms. The summed E-state index contributed by atoms with van der Waals surface area (Å²) < 4.78 is 20.6. The zero-order chi connectivity index (χ0) is 21.4. The van der Waals surface area contributed by atoms with Gasteiger partial charge in [-0.15, -0.1) is 5.10 Å². The fourth-order valence-electron chi connectivity index (χ4n) is 4.07. The summed E-state index contributed by atoms with van der Waals surface area (Å²) in [5.41, 5.74) is 3.51. The van der Waals surface area contributed by atoms with Crippen molar-refractivity contribution >= 4 is 23.5 Å². The van der Waals surface area contributed by atoms with Crippen LogP contribution in [0.15, 0.2) is 65.0 Å². The van der Waals surface area contributed by atoms with Crippen LogP contribution in [-0.2, 0) is 10.5 Å². The molecule has 31 heavy (non-hydrogen) atoms. The summed E-state index contributed by atoms with van der Waals surface area (Å²) in [6.45, 7) is 0. The average Bonchev–Trinajstić information content (AvgIpc) is 3.19. The number of fused-ring (bicyclic) bond motifs is 1. The zero-order valence-corrected chi connectivity index (χ0v) is 17.8. The normalized spacial score (nSPS) is 17.7. The van der Waals surface area contributed by atoms with Crippen LogP contribution in [0.4, 0.5) is 10.3 Å². The Morgan fingerprint density at radius 1 is 1.23 bits per heavy atom. The molecular weight excluding hydrogens is 415 g/mol. The number of nitrogens with one attached hydrogen (secondary N) is 1. The molecule has 0 saturated heterocycles. The van der Waals surface area contributed by atoms with E-state index in [4.69, 9.17) is 9.84 Å². The van der Waals surface area contributed by atoms with Crippen molar-refractivity contribution in [3.8, 4) is 5.75 Å². The molecule has 0 spiro atoms. The third kappa shape index (κ3) is 3.83. The maximum absolute atomic E-state index is 13.5. The third-order valence-electron chi connectivity index (χ3n) is 5.54. The Hall–Kier alpha value is -3.13. The van der Waals surface area contributed by atoms with E-state index in [0.717, 1.165) is 41.0 Å². The average molecular weight is 437 g/mol. The van der Waals surface area contributed by atoms with Gasteiger partial charge in [-0.2, -0.15) is 4.98 Å². The summed E-state index contributed by atoms with van der Waals surface area (Å²) in [6.07, 6.45) is 2.18. The van der Waals surface area contributed by atoms with Crippen LogP contribution in [0.1, 0.15) is 36.4 Å². The summed E-state index contributed by atoms with van der Waals surface area (Å²) in [5.74, 6) is 1.82. The molecule has 0 saturated carbocycles. The number of carbonyl (C=O) groups excluding carboxylic acids is 1. The van der Waals surface area contributed by atoms with Gasteiger partial charge in [0, 0.05) is 23.4 Å². The van der Waals surface area contributed by atoms with E-state index in [-0.39, 0.29) is 17.6 Å². The summed E-state index contributed by atoms with van der Waals surface area (Å²) in [5, 5.41) is 8.62. The van der Waals surface area contributed by atoms with Gasteiger partial charge >= 0.3 is 0 Å².